The van der Waals surface area contributed by atoms with Gasteiger partial charge in [-0.15, -0.1) is 35.3 Å². The topological polar surface area (TPSA) is 52.6 Å². The molecule has 0 saturated carbocycles. The normalized spacial score (nSPS) is 16.4. The molecule has 0 atom stereocenters. The van der Waals surface area contributed by atoms with Crippen LogP contribution in [0.15, 0.2) is 20.9 Å². The van der Waals surface area contributed by atoms with E-state index in [0.29, 0.717) is 0 Å². The maximum Gasteiger partial charge on any atom is 0.191 e. The summed E-state index contributed by atoms with van der Waals surface area (Å²) in [7, 11) is 1.84. The molecule has 0 unspecified atom stereocenters. The molecule has 5 nitrogen and oxygen atoms in total. The van der Waals surface area contributed by atoms with Gasteiger partial charge in [0.15, 0.2) is 5.96 Å². The van der Waals surface area contributed by atoms with Gasteiger partial charge in [0.1, 0.15) is 4.34 Å². The molecule has 0 bridgehead atoms. The summed E-state index contributed by atoms with van der Waals surface area (Å²) in [6.45, 7) is 8.93. The molecular formula is C17H32IN5S2. The number of aliphatic imine (C=N–C) groups is 1. The number of hydrogen-bond donors (Lipinski definition) is 2. The predicted molar refractivity (Wildman–Crippen MR) is 122 cm³/mol. The van der Waals surface area contributed by atoms with Crippen LogP contribution in [0.25, 0.3) is 0 Å². The summed E-state index contributed by atoms with van der Waals surface area (Å²) in [5.74, 6) is 1.98. The summed E-state index contributed by atoms with van der Waals surface area (Å²) in [5, 5.41) is 8.93. The number of thiazole rings is 1. The second-order valence-electron chi connectivity index (χ2n) is 6.71. The zero-order chi connectivity index (χ0) is 17.3. The first-order valence-corrected chi connectivity index (χ1v) is 10.7. The third-order valence-corrected chi connectivity index (χ3v) is 6.43. The highest BCUT2D eigenvalue weighted by Gasteiger charge is 2.27. The first-order chi connectivity index (χ1) is 11.6. The highest BCUT2D eigenvalue weighted by atomic mass is 127. The molecular weight excluding hydrogens is 465 g/mol. The molecule has 0 amide bonds. The maximum atomic E-state index is 4.34. The van der Waals surface area contributed by atoms with E-state index in [1.807, 2.05) is 30.4 Å². The second-order valence-corrected chi connectivity index (χ2v) is 8.95. The van der Waals surface area contributed by atoms with Crippen LogP contribution in [0.2, 0.25) is 0 Å². The Morgan fingerprint density at radius 3 is 2.72 bits per heavy atom. The Balaban J connectivity index is 0.00000312. The Morgan fingerprint density at radius 2 is 2.08 bits per heavy atom. The average molecular weight is 498 g/mol. The third-order valence-electron chi connectivity index (χ3n) is 4.37. The van der Waals surface area contributed by atoms with E-state index in [1.54, 1.807) is 11.3 Å². The van der Waals surface area contributed by atoms with Gasteiger partial charge in [-0.25, -0.2) is 4.98 Å². The SMILES string of the molecule is CN=C(NCCCSc1nccs1)NCC(C)(C)N1CCCCC1.I. The molecule has 1 fully saturated rings. The lowest BCUT2D eigenvalue weighted by atomic mass is 9.98. The van der Waals surface area contributed by atoms with Crippen LogP contribution >= 0.6 is 47.1 Å². The van der Waals surface area contributed by atoms with Crippen molar-refractivity contribution in [1.82, 2.24) is 20.5 Å². The van der Waals surface area contributed by atoms with Crippen molar-refractivity contribution >= 4 is 53.0 Å². The van der Waals surface area contributed by atoms with Crippen LogP contribution in [0.1, 0.15) is 39.5 Å². The van der Waals surface area contributed by atoms with Gasteiger partial charge in [0, 0.05) is 43.0 Å². The zero-order valence-corrected chi connectivity index (χ0v) is 19.5. The molecule has 1 aliphatic rings. The van der Waals surface area contributed by atoms with Crippen LogP contribution in [-0.2, 0) is 0 Å². The number of nitrogens with zero attached hydrogens (tertiary/aromatic N) is 3. The highest BCUT2D eigenvalue weighted by Crippen LogP contribution is 2.21. The molecule has 8 heteroatoms. The molecule has 2 N–H and O–H groups in total. The summed E-state index contributed by atoms with van der Waals surface area (Å²) < 4.78 is 1.15. The van der Waals surface area contributed by atoms with E-state index in [4.69, 9.17) is 0 Å². The number of halogens is 1. The molecule has 0 spiro atoms. The van der Waals surface area contributed by atoms with Crippen molar-refractivity contribution in [3.63, 3.8) is 0 Å². The van der Waals surface area contributed by atoms with Crippen molar-refractivity contribution < 1.29 is 0 Å². The quantitative estimate of drug-likeness (QED) is 0.189. The Bertz CT molecular complexity index is 487. The van der Waals surface area contributed by atoms with Gasteiger partial charge in [0.25, 0.3) is 0 Å². The van der Waals surface area contributed by atoms with Crippen molar-refractivity contribution in [1.29, 1.82) is 0 Å². The zero-order valence-electron chi connectivity index (χ0n) is 15.6. The lowest BCUT2D eigenvalue weighted by molar-refractivity contribution is 0.0982. The number of thioether (sulfide) groups is 1. The molecule has 1 saturated heterocycles. The molecule has 0 radical (unpaired) electrons. The number of guanidine groups is 1. The number of aromatic nitrogens is 1. The summed E-state index contributed by atoms with van der Waals surface area (Å²) in [5.41, 5.74) is 0.165. The van der Waals surface area contributed by atoms with Crippen molar-refractivity contribution in [2.45, 2.75) is 49.4 Å². The Labute approximate surface area is 177 Å². The summed E-state index contributed by atoms with van der Waals surface area (Å²) in [6.07, 6.45) is 6.99. The van der Waals surface area contributed by atoms with Crippen LogP contribution in [0.5, 0.6) is 0 Å². The monoisotopic (exact) mass is 497 g/mol. The minimum atomic E-state index is 0. The van der Waals surface area contributed by atoms with Gasteiger partial charge >= 0.3 is 0 Å². The molecule has 1 aliphatic heterocycles. The van der Waals surface area contributed by atoms with E-state index in [1.165, 1.54) is 32.4 Å². The molecule has 0 aliphatic carbocycles. The van der Waals surface area contributed by atoms with E-state index in [2.05, 4.69) is 39.4 Å². The van der Waals surface area contributed by atoms with Gasteiger partial charge in [0.2, 0.25) is 0 Å². The number of hydrogen-bond acceptors (Lipinski definition) is 5. The lowest BCUT2D eigenvalue weighted by Gasteiger charge is -2.41. The van der Waals surface area contributed by atoms with Gasteiger partial charge in [-0.1, -0.05) is 18.2 Å². The Kier molecular flexibility index (Phi) is 11.4. The molecule has 1 aromatic rings. The second kappa shape index (κ2) is 12.3. The molecule has 1 aromatic heterocycles. The van der Waals surface area contributed by atoms with Crippen LogP contribution in [0.3, 0.4) is 0 Å². The molecule has 144 valence electrons. The predicted octanol–water partition coefficient (Wildman–Crippen LogP) is 3.67. The first kappa shape index (κ1) is 23.0. The fourth-order valence-electron chi connectivity index (χ4n) is 2.85. The minimum Gasteiger partial charge on any atom is -0.356 e. The van der Waals surface area contributed by atoms with E-state index in [9.17, 15) is 0 Å². The van der Waals surface area contributed by atoms with Gasteiger partial charge in [0.05, 0.1) is 0 Å². The number of likely N-dealkylation sites (tertiary alicyclic amines) is 1. The van der Waals surface area contributed by atoms with E-state index < -0.39 is 0 Å². The maximum absolute atomic E-state index is 4.34. The lowest BCUT2D eigenvalue weighted by Crippen LogP contribution is -2.54. The number of nitrogens with one attached hydrogen (secondary N) is 2. The van der Waals surface area contributed by atoms with Gasteiger partial charge in [-0.05, 0) is 46.2 Å². The van der Waals surface area contributed by atoms with Crippen LogP contribution in [-0.4, -0.2) is 60.4 Å². The van der Waals surface area contributed by atoms with Gasteiger partial charge < -0.3 is 10.6 Å². The van der Waals surface area contributed by atoms with E-state index in [0.717, 1.165) is 35.6 Å². The largest absolute Gasteiger partial charge is 0.356 e. The number of rotatable bonds is 8. The number of piperidine rings is 1. The van der Waals surface area contributed by atoms with Crippen molar-refractivity contribution in [2.24, 2.45) is 4.99 Å². The summed E-state index contributed by atoms with van der Waals surface area (Å²) in [6, 6.07) is 0. The van der Waals surface area contributed by atoms with E-state index in [-0.39, 0.29) is 29.5 Å². The van der Waals surface area contributed by atoms with Crippen LogP contribution in [0.4, 0.5) is 0 Å². The smallest absolute Gasteiger partial charge is 0.191 e. The van der Waals surface area contributed by atoms with Crippen LogP contribution < -0.4 is 10.6 Å². The fourth-order valence-corrected chi connectivity index (χ4v) is 4.50. The Morgan fingerprint density at radius 1 is 1.32 bits per heavy atom. The Hall–Kier alpha value is -0.0600. The molecule has 25 heavy (non-hydrogen) atoms. The summed E-state index contributed by atoms with van der Waals surface area (Å²) in [4.78, 5) is 11.2. The standard InChI is InChI=1S/C17H31N5S2.HI/c1-17(2,22-10-5-4-6-11-22)14-21-15(18-3)19-8-7-12-23-16-20-9-13-24-16;/h9,13H,4-8,10-12,14H2,1-3H3,(H2,18,19,21);1H. The van der Waals surface area contributed by atoms with Crippen molar-refractivity contribution in [3.05, 3.63) is 11.6 Å². The van der Waals surface area contributed by atoms with Gasteiger partial charge in [-0.2, -0.15) is 0 Å². The van der Waals surface area contributed by atoms with Gasteiger partial charge in [-0.3, -0.25) is 9.89 Å². The summed E-state index contributed by atoms with van der Waals surface area (Å²) >= 11 is 3.53. The van der Waals surface area contributed by atoms with E-state index >= 15 is 0 Å². The molecule has 2 rings (SSSR count). The average Bonchev–Trinajstić information content (AvgIpc) is 3.11. The van der Waals surface area contributed by atoms with Crippen LogP contribution in [0, 0.1) is 0 Å². The minimum absolute atomic E-state index is 0. The first-order valence-electron chi connectivity index (χ1n) is 8.84. The van der Waals surface area contributed by atoms with Crippen molar-refractivity contribution in [2.75, 3.05) is 39.0 Å². The van der Waals surface area contributed by atoms with Crippen molar-refractivity contribution in [3.8, 4) is 0 Å². The highest BCUT2D eigenvalue weighted by molar-refractivity contribution is 14.0. The fraction of sp³-hybridized carbons (Fsp3) is 0.765. The molecule has 2 heterocycles. The molecule has 0 aromatic carbocycles. The third kappa shape index (κ3) is 8.45.